The van der Waals surface area contributed by atoms with Crippen LogP contribution in [0.2, 0.25) is 0 Å². The van der Waals surface area contributed by atoms with Gasteiger partial charge in [0.25, 0.3) is 0 Å². The minimum absolute atomic E-state index is 0. The topological polar surface area (TPSA) is 7.76 Å². The molecule has 2 nitrogen and oxygen atoms in total. The van der Waals surface area contributed by atoms with Crippen LogP contribution in [0.5, 0.6) is 0 Å². The Hall–Kier alpha value is -1.12. The molecule has 0 fully saturated rings. The van der Waals surface area contributed by atoms with Gasteiger partial charge >= 0.3 is 6.67 Å². The molecule has 0 atom stereocenters. The van der Waals surface area contributed by atoms with Crippen molar-refractivity contribution in [3.8, 4) is 0 Å². The molecule has 0 saturated heterocycles. The number of rotatable bonds is 2. The third-order valence-corrected chi connectivity index (χ3v) is 2.16. The highest BCUT2D eigenvalue weighted by molar-refractivity contribution is 5.02. The molecule has 0 N–H and O–H groups in total. The summed E-state index contributed by atoms with van der Waals surface area (Å²) < 4.78 is 4.28. The Bertz CT molecular complexity index is 401. The molecule has 4 heteroatoms. The second kappa shape index (κ2) is 7.20. The van der Waals surface area contributed by atoms with Crippen LogP contribution in [0, 0.1) is 6.92 Å². The molecule has 2 rings (SSSR count). The molecule has 0 bridgehead atoms. The van der Waals surface area contributed by atoms with Gasteiger partial charge in [-0.2, -0.15) is 0 Å². The number of pyridine rings is 2. The van der Waals surface area contributed by atoms with Crippen LogP contribution in [0.4, 0.5) is 0 Å². The number of aromatic nitrogens is 2. The molecule has 0 aliphatic heterocycles. The summed E-state index contributed by atoms with van der Waals surface area (Å²) in [4.78, 5) is 0. The van der Waals surface area contributed by atoms with Crippen LogP contribution >= 0.6 is 0 Å². The average molecular weight is 257 g/mol. The zero-order valence-electron chi connectivity index (χ0n) is 9.05. The fraction of sp³-hybridized carbons (Fsp3) is 0.167. The minimum atomic E-state index is 0. The summed E-state index contributed by atoms with van der Waals surface area (Å²) >= 11 is 0. The first-order valence-electron chi connectivity index (χ1n) is 4.74. The highest BCUT2D eigenvalue weighted by Gasteiger charge is 2.04. The average Bonchev–Trinajstić information content (AvgIpc) is 2.23. The minimum Gasteiger partial charge on any atom is -1.00 e. The molecule has 0 saturated carbocycles. The first-order chi connectivity index (χ1) is 6.84. The Morgan fingerprint density at radius 1 is 0.812 bits per heavy atom. The smallest absolute Gasteiger partial charge is 0.343 e. The summed E-state index contributed by atoms with van der Waals surface area (Å²) in [5.41, 5.74) is 1.29. The van der Waals surface area contributed by atoms with E-state index in [1.807, 2.05) is 18.2 Å². The van der Waals surface area contributed by atoms with E-state index in [4.69, 9.17) is 0 Å². The summed E-state index contributed by atoms with van der Waals surface area (Å²) in [7, 11) is 0. The van der Waals surface area contributed by atoms with E-state index in [0.29, 0.717) is 0 Å². The lowest BCUT2D eigenvalue weighted by molar-refractivity contribution is -0.913. The van der Waals surface area contributed by atoms with E-state index in [-0.39, 0.29) is 24.8 Å². The van der Waals surface area contributed by atoms with E-state index >= 15 is 0 Å². The molecule has 0 unspecified atom stereocenters. The van der Waals surface area contributed by atoms with Gasteiger partial charge in [0.1, 0.15) is 0 Å². The van der Waals surface area contributed by atoms with Gasteiger partial charge in [0.15, 0.2) is 24.8 Å². The third kappa shape index (κ3) is 4.17. The lowest BCUT2D eigenvalue weighted by Crippen LogP contribution is -3.00. The molecule has 2 aromatic rings. The van der Waals surface area contributed by atoms with Crippen molar-refractivity contribution < 1.29 is 33.9 Å². The van der Waals surface area contributed by atoms with E-state index in [9.17, 15) is 0 Å². The first-order valence-corrected chi connectivity index (χ1v) is 4.74. The Morgan fingerprint density at radius 2 is 1.31 bits per heavy atom. The van der Waals surface area contributed by atoms with E-state index in [0.717, 1.165) is 6.67 Å². The van der Waals surface area contributed by atoms with Crippen molar-refractivity contribution in [1.82, 2.24) is 0 Å². The molecule has 0 aliphatic carbocycles. The van der Waals surface area contributed by atoms with Crippen LogP contribution in [0.15, 0.2) is 55.1 Å². The zero-order valence-corrected chi connectivity index (χ0v) is 10.6. The van der Waals surface area contributed by atoms with Crippen molar-refractivity contribution >= 4 is 0 Å². The van der Waals surface area contributed by atoms with Crippen LogP contribution in [-0.2, 0) is 6.67 Å². The molecular weight excluding hydrogens is 243 g/mol. The van der Waals surface area contributed by atoms with E-state index in [1.54, 1.807) is 0 Å². The molecule has 0 aliphatic rings. The normalized spacial score (nSPS) is 8.81. The van der Waals surface area contributed by atoms with Gasteiger partial charge < -0.3 is 24.8 Å². The van der Waals surface area contributed by atoms with Crippen LogP contribution in [0.1, 0.15) is 5.56 Å². The largest absolute Gasteiger partial charge is 1.00 e. The van der Waals surface area contributed by atoms with Gasteiger partial charge in [0.05, 0.1) is 0 Å². The van der Waals surface area contributed by atoms with Gasteiger partial charge in [-0.3, -0.25) is 0 Å². The van der Waals surface area contributed by atoms with E-state index < -0.39 is 0 Å². The molecule has 0 radical (unpaired) electrons. The SMILES string of the molecule is Cc1cc[n+](C[n+]2ccccc2)cc1.[Cl-].[Cl-]. The number of aryl methyl sites for hydroxylation is 1. The quantitative estimate of drug-likeness (QED) is 0.476. The van der Waals surface area contributed by atoms with Crippen molar-refractivity contribution in [2.24, 2.45) is 0 Å². The fourth-order valence-electron chi connectivity index (χ4n) is 1.34. The van der Waals surface area contributed by atoms with Gasteiger partial charge in [-0.05, 0) is 12.5 Å². The Balaban J connectivity index is 0.00000112. The molecule has 0 spiro atoms. The summed E-state index contributed by atoms with van der Waals surface area (Å²) in [6, 6.07) is 10.3. The summed E-state index contributed by atoms with van der Waals surface area (Å²) in [5.74, 6) is 0. The highest BCUT2D eigenvalue weighted by atomic mass is 35.5. The first kappa shape index (κ1) is 14.9. The van der Waals surface area contributed by atoms with Gasteiger partial charge in [-0.1, -0.05) is 6.07 Å². The van der Waals surface area contributed by atoms with Crippen LogP contribution < -0.4 is 33.9 Å². The molecule has 2 heterocycles. The van der Waals surface area contributed by atoms with Gasteiger partial charge in [-0.15, -0.1) is 9.13 Å². The second-order valence-corrected chi connectivity index (χ2v) is 3.42. The number of nitrogens with zero attached hydrogens (tertiary/aromatic N) is 2. The fourth-order valence-corrected chi connectivity index (χ4v) is 1.34. The van der Waals surface area contributed by atoms with Crippen LogP contribution in [0.3, 0.4) is 0 Å². The highest BCUT2D eigenvalue weighted by Crippen LogP contribution is 1.88. The molecule has 0 aromatic carbocycles. The third-order valence-electron chi connectivity index (χ3n) is 2.16. The monoisotopic (exact) mass is 256 g/mol. The second-order valence-electron chi connectivity index (χ2n) is 3.42. The summed E-state index contributed by atoms with van der Waals surface area (Å²) in [6.07, 6.45) is 8.31. The van der Waals surface area contributed by atoms with E-state index in [1.165, 1.54) is 5.56 Å². The van der Waals surface area contributed by atoms with Gasteiger partial charge in [0.2, 0.25) is 0 Å². The lowest BCUT2D eigenvalue weighted by atomic mass is 10.3. The van der Waals surface area contributed by atoms with Crippen molar-refractivity contribution in [3.05, 3.63) is 60.7 Å². The molecule has 2 aromatic heterocycles. The molecule has 0 amide bonds. The molecular formula is C12H14Cl2N2. The van der Waals surface area contributed by atoms with Crippen LogP contribution in [0.25, 0.3) is 0 Å². The lowest BCUT2D eigenvalue weighted by Gasteiger charge is -1.93. The van der Waals surface area contributed by atoms with Crippen molar-refractivity contribution in [2.45, 2.75) is 13.6 Å². The number of hydrogen-bond acceptors (Lipinski definition) is 0. The van der Waals surface area contributed by atoms with Crippen LogP contribution in [-0.4, -0.2) is 0 Å². The zero-order chi connectivity index (χ0) is 9.80. The van der Waals surface area contributed by atoms with Gasteiger partial charge in [-0.25, -0.2) is 0 Å². The number of halogens is 2. The molecule has 86 valence electrons. The number of hydrogen-bond donors (Lipinski definition) is 0. The maximum atomic E-state index is 2.15. The Kier molecular flexibility index (Phi) is 6.70. The standard InChI is InChI=1S/C12H14N2.2ClH/c1-12-5-9-14(10-6-12)11-13-7-3-2-4-8-13;;/h2-10H,11H2,1H3;2*1H/q+2;;/p-2. The summed E-state index contributed by atoms with van der Waals surface area (Å²) in [6.45, 7) is 2.96. The van der Waals surface area contributed by atoms with Crippen molar-refractivity contribution in [1.29, 1.82) is 0 Å². The van der Waals surface area contributed by atoms with Crippen molar-refractivity contribution in [2.75, 3.05) is 0 Å². The Labute approximate surface area is 108 Å². The molecule has 16 heavy (non-hydrogen) atoms. The predicted molar refractivity (Wildman–Crippen MR) is 53.4 cm³/mol. The predicted octanol–water partition coefficient (Wildman–Crippen LogP) is -4.92. The maximum Gasteiger partial charge on any atom is 0.343 e. The van der Waals surface area contributed by atoms with Crippen molar-refractivity contribution in [3.63, 3.8) is 0 Å². The van der Waals surface area contributed by atoms with E-state index in [2.05, 4.69) is 53.0 Å². The maximum absolute atomic E-state index is 2.15. The Morgan fingerprint density at radius 3 is 1.88 bits per heavy atom. The van der Waals surface area contributed by atoms with Gasteiger partial charge in [0, 0.05) is 24.3 Å². The summed E-state index contributed by atoms with van der Waals surface area (Å²) in [5, 5.41) is 0.